The molecule has 0 fully saturated rings. The third-order valence-electron chi connectivity index (χ3n) is 3.66. The van der Waals surface area contributed by atoms with Crippen LogP contribution < -0.4 is 5.56 Å². The van der Waals surface area contributed by atoms with Gasteiger partial charge in [0.05, 0.1) is 22.8 Å². The zero-order valence-corrected chi connectivity index (χ0v) is 12.7. The summed E-state index contributed by atoms with van der Waals surface area (Å²) in [5, 5.41) is 20.5. The highest BCUT2D eigenvalue weighted by molar-refractivity contribution is 5.87. The number of aromatic amines is 1. The number of hydrogen-bond acceptors (Lipinski definition) is 4. The second kappa shape index (κ2) is 6.41. The summed E-state index contributed by atoms with van der Waals surface area (Å²) in [5.41, 5.74) is 0.671. The molecule has 0 spiro atoms. The van der Waals surface area contributed by atoms with Crippen molar-refractivity contribution in [3.63, 3.8) is 0 Å². The molecule has 3 aromatic rings. The van der Waals surface area contributed by atoms with Crippen LogP contribution in [0.1, 0.15) is 21.5 Å². The number of H-pyrrole nitrogens is 1. The van der Waals surface area contributed by atoms with Crippen LogP contribution in [0.3, 0.4) is 0 Å². The smallest absolute Gasteiger partial charge is 0.337 e. The number of nitrogens with zero attached hydrogens (tertiary/aromatic N) is 3. The molecule has 8 heteroatoms. The van der Waals surface area contributed by atoms with Crippen molar-refractivity contribution in [3.8, 4) is 23.0 Å². The molecular weight excluding hydrogens is 327 g/mol. The molecule has 2 N–H and O–H groups in total. The number of hydrogen-bond donors (Lipinski definition) is 2. The zero-order chi connectivity index (χ0) is 18.0. The van der Waals surface area contributed by atoms with Crippen molar-refractivity contribution < 1.29 is 14.3 Å². The van der Waals surface area contributed by atoms with Gasteiger partial charge in [0.2, 0.25) is 0 Å². The Bertz CT molecular complexity index is 1040. The van der Waals surface area contributed by atoms with Crippen LogP contribution in [-0.4, -0.2) is 25.8 Å². The Labute approximate surface area is 140 Å². The number of rotatable bonds is 4. The first-order valence-electron chi connectivity index (χ1n) is 7.14. The number of nitrogens with one attached hydrogen (secondary N) is 1. The monoisotopic (exact) mass is 338 g/mol. The first-order valence-corrected chi connectivity index (χ1v) is 7.14. The van der Waals surface area contributed by atoms with Crippen molar-refractivity contribution in [3.05, 3.63) is 69.8 Å². The van der Waals surface area contributed by atoms with E-state index in [1.807, 2.05) is 6.07 Å². The highest BCUT2D eigenvalue weighted by Crippen LogP contribution is 2.23. The molecule has 0 atom stereocenters. The number of pyridine rings is 1. The van der Waals surface area contributed by atoms with E-state index < -0.39 is 18.2 Å². The quantitative estimate of drug-likeness (QED) is 0.758. The molecule has 0 radical (unpaired) electrons. The van der Waals surface area contributed by atoms with Crippen LogP contribution in [0, 0.1) is 11.3 Å². The summed E-state index contributed by atoms with van der Waals surface area (Å²) in [6.07, 6.45) is 2.55. The minimum atomic E-state index is -1.12. The fraction of sp³-hybridized carbons (Fsp3) is 0.0588. The molecular formula is C17H11FN4O3. The number of carboxylic acid groups (broad SMARTS) is 1. The molecule has 0 saturated heterocycles. The molecule has 25 heavy (non-hydrogen) atoms. The summed E-state index contributed by atoms with van der Waals surface area (Å²) in [4.78, 5) is 27.4. The van der Waals surface area contributed by atoms with Crippen molar-refractivity contribution in [2.24, 2.45) is 0 Å². The Hall–Kier alpha value is -3.73. The summed E-state index contributed by atoms with van der Waals surface area (Å²) in [6, 6.07) is 9.06. The Balaban J connectivity index is 2.06. The summed E-state index contributed by atoms with van der Waals surface area (Å²) >= 11 is 0. The molecule has 3 rings (SSSR count). The standard InChI is InChI=1S/C17H11FN4O3/c18-6-12-5-10(7-19)1-3-13(12)14-9-21-22(16(14)23)15-4-2-11(8-20-15)17(24)25/h1-5,8-9,21H,6H2,(H,24,25). The van der Waals surface area contributed by atoms with Gasteiger partial charge in [0, 0.05) is 12.4 Å². The third kappa shape index (κ3) is 2.90. The van der Waals surface area contributed by atoms with Gasteiger partial charge in [-0.1, -0.05) is 6.07 Å². The molecule has 124 valence electrons. The number of aromatic carboxylic acids is 1. The first kappa shape index (κ1) is 16.1. The molecule has 2 heterocycles. The van der Waals surface area contributed by atoms with Gasteiger partial charge in [-0.15, -0.1) is 0 Å². The average molecular weight is 338 g/mol. The van der Waals surface area contributed by atoms with E-state index >= 15 is 0 Å². The minimum Gasteiger partial charge on any atom is -0.478 e. The molecule has 0 aliphatic carbocycles. The predicted molar refractivity (Wildman–Crippen MR) is 86.1 cm³/mol. The summed E-state index contributed by atoms with van der Waals surface area (Å²) in [6.45, 7) is -0.818. The van der Waals surface area contributed by atoms with Crippen LogP contribution >= 0.6 is 0 Å². The van der Waals surface area contributed by atoms with Crippen molar-refractivity contribution in [2.45, 2.75) is 6.67 Å². The van der Waals surface area contributed by atoms with Crippen molar-refractivity contribution in [1.82, 2.24) is 14.8 Å². The number of carbonyl (C=O) groups is 1. The van der Waals surface area contributed by atoms with Crippen LogP contribution in [0.25, 0.3) is 16.9 Å². The summed E-state index contributed by atoms with van der Waals surface area (Å²) in [7, 11) is 0. The number of benzene rings is 1. The number of alkyl halides is 1. The normalized spacial score (nSPS) is 10.4. The highest BCUT2D eigenvalue weighted by Gasteiger charge is 2.15. The van der Waals surface area contributed by atoms with Crippen molar-refractivity contribution in [2.75, 3.05) is 0 Å². The molecule has 2 aromatic heterocycles. The molecule has 0 unspecified atom stereocenters. The minimum absolute atomic E-state index is 0.00427. The molecule has 7 nitrogen and oxygen atoms in total. The molecule has 0 bridgehead atoms. The number of carboxylic acids is 1. The Morgan fingerprint density at radius 2 is 2.12 bits per heavy atom. The maximum atomic E-state index is 13.3. The van der Waals surface area contributed by atoms with E-state index in [9.17, 15) is 14.0 Å². The molecule has 0 aliphatic rings. The summed E-state index contributed by atoms with van der Waals surface area (Å²) < 4.78 is 14.4. The molecule has 0 amide bonds. The molecule has 1 aromatic carbocycles. The average Bonchev–Trinajstić information content (AvgIpc) is 3.02. The van der Waals surface area contributed by atoms with Gasteiger partial charge in [-0.2, -0.15) is 5.26 Å². The van der Waals surface area contributed by atoms with Gasteiger partial charge in [0.15, 0.2) is 5.82 Å². The van der Waals surface area contributed by atoms with E-state index in [4.69, 9.17) is 10.4 Å². The van der Waals surface area contributed by atoms with E-state index in [-0.39, 0.29) is 22.5 Å². The fourth-order valence-corrected chi connectivity index (χ4v) is 2.41. The Morgan fingerprint density at radius 3 is 2.72 bits per heavy atom. The maximum absolute atomic E-state index is 13.3. The van der Waals surface area contributed by atoms with Gasteiger partial charge in [-0.3, -0.25) is 9.89 Å². The Kier molecular flexibility index (Phi) is 4.14. The third-order valence-corrected chi connectivity index (χ3v) is 3.66. The lowest BCUT2D eigenvalue weighted by molar-refractivity contribution is 0.0696. The Morgan fingerprint density at radius 1 is 1.32 bits per heavy atom. The summed E-state index contributed by atoms with van der Waals surface area (Å²) in [5.74, 6) is -0.916. The maximum Gasteiger partial charge on any atom is 0.337 e. The van der Waals surface area contributed by atoms with E-state index in [0.717, 1.165) is 10.9 Å². The van der Waals surface area contributed by atoms with E-state index in [1.165, 1.54) is 36.5 Å². The molecule has 0 aliphatic heterocycles. The number of halogens is 1. The topological polar surface area (TPSA) is 112 Å². The lowest BCUT2D eigenvalue weighted by Crippen LogP contribution is -2.17. The van der Waals surface area contributed by atoms with Gasteiger partial charge in [0.1, 0.15) is 6.67 Å². The van der Waals surface area contributed by atoms with Gasteiger partial charge < -0.3 is 5.11 Å². The van der Waals surface area contributed by atoms with Gasteiger partial charge >= 0.3 is 5.97 Å². The second-order valence-corrected chi connectivity index (χ2v) is 5.16. The van der Waals surface area contributed by atoms with Crippen LogP contribution in [0.15, 0.2) is 47.5 Å². The van der Waals surface area contributed by atoms with Gasteiger partial charge in [0.25, 0.3) is 5.56 Å². The van der Waals surface area contributed by atoms with Crippen LogP contribution in [0.4, 0.5) is 4.39 Å². The first-order chi connectivity index (χ1) is 12.0. The number of aromatic nitrogens is 3. The second-order valence-electron chi connectivity index (χ2n) is 5.16. The largest absolute Gasteiger partial charge is 0.478 e. The lowest BCUT2D eigenvalue weighted by Gasteiger charge is -2.04. The van der Waals surface area contributed by atoms with Crippen LogP contribution in [0.5, 0.6) is 0 Å². The van der Waals surface area contributed by atoms with Gasteiger partial charge in [-0.25, -0.2) is 18.9 Å². The SMILES string of the molecule is N#Cc1ccc(-c2c[nH]n(-c3ccc(C(=O)O)cn3)c2=O)c(CF)c1. The van der Waals surface area contributed by atoms with Gasteiger partial charge in [-0.05, 0) is 35.4 Å². The predicted octanol–water partition coefficient (Wildman–Crippen LogP) is 2.27. The molecule has 0 saturated carbocycles. The highest BCUT2D eigenvalue weighted by atomic mass is 19.1. The zero-order valence-electron chi connectivity index (χ0n) is 12.7. The van der Waals surface area contributed by atoms with Crippen LogP contribution in [0.2, 0.25) is 0 Å². The fourth-order valence-electron chi connectivity index (χ4n) is 2.41. The van der Waals surface area contributed by atoms with Crippen LogP contribution in [-0.2, 0) is 6.67 Å². The van der Waals surface area contributed by atoms with E-state index in [0.29, 0.717) is 11.1 Å². The van der Waals surface area contributed by atoms with Crippen molar-refractivity contribution >= 4 is 5.97 Å². The van der Waals surface area contributed by atoms with Crippen molar-refractivity contribution in [1.29, 1.82) is 5.26 Å². The number of nitriles is 1. The van der Waals surface area contributed by atoms with E-state index in [1.54, 1.807) is 0 Å². The lowest BCUT2D eigenvalue weighted by atomic mass is 10.0. The van der Waals surface area contributed by atoms with E-state index in [2.05, 4.69) is 10.1 Å².